The number of aromatic nitrogens is 6. The van der Waals surface area contributed by atoms with Crippen molar-refractivity contribution in [2.75, 3.05) is 0 Å². The van der Waals surface area contributed by atoms with E-state index >= 15 is 0 Å². The monoisotopic (exact) mass is 314 g/mol. The Bertz CT molecular complexity index is 748. The molecule has 2 heterocycles. The Hall–Kier alpha value is -2.15. The molecule has 1 aromatic carbocycles. The fourth-order valence-corrected chi connectivity index (χ4v) is 3.15. The zero-order valence-electron chi connectivity index (χ0n) is 12.7. The zero-order valence-corrected chi connectivity index (χ0v) is 13.5. The molecular formula is C15H18N6S. The first-order valence-corrected chi connectivity index (χ1v) is 8.25. The van der Waals surface area contributed by atoms with Gasteiger partial charge in [-0.25, -0.2) is 9.67 Å². The second-order valence-electron chi connectivity index (χ2n) is 4.97. The highest BCUT2D eigenvalue weighted by Gasteiger charge is 2.11. The van der Waals surface area contributed by atoms with Crippen LogP contribution in [0.3, 0.4) is 0 Å². The van der Waals surface area contributed by atoms with Gasteiger partial charge >= 0.3 is 0 Å². The number of thioether (sulfide) groups is 1. The highest BCUT2D eigenvalue weighted by molar-refractivity contribution is 7.98. The Morgan fingerprint density at radius 3 is 2.91 bits per heavy atom. The molecule has 0 saturated carbocycles. The minimum absolute atomic E-state index is 0.704. The van der Waals surface area contributed by atoms with Crippen molar-refractivity contribution in [1.82, 2.24) is 29.8 Å². The smallest absolute Gasteiger partial charge is 0.173 e. The average molecular weight is 314 g/mol. The van der Waals surface area contributed by atoms with Gasteiger partial charge in [0.1, 0.15) is 0 Å². The molecule has 22 heavy (non-hydrogen) atoms. The number of benzene rings is 1. The van der Waals surface area contributed by atoms with Gasteiger partial charge in [0.2, 0.25) is 0 Å². The third-order valence-electron chi connectivity index (χ3n) is 3.35. The van der Waals surface area contributed by atoms with E-state index in [9.17, 15) is 0 Å². The van der Waals surface area contributed by atoms with Crippen LogP contribution in [-0.4, -0.2) is 29.8 Å². The van der Waals surface area contributed by atoms with E-state index in [1.165, 1.54) is 5.56 Å². The van der Waals surface area contributed by atoms with E-state index in [2.05, 4.69) is 51.1 Å². The van der Waals surface area contributed by atoms with Crippen molar-refractivity contribution >= 4 is 11.8 Å². The summed E-state index contributed by atoms with van der Waals surface area (Å²) in [6.07, 6.45) is 4.82. The maximum atomic E-state index is 4.46. The molecule has 3 aromatic rings. The summed E-state index contributed by atoms with van der Waals surface area (Å²) < 4.78 is 3.96. The molecule has 2 aromatic heterocycles. The van der Waals surface area contributed by atoms with Gasteiger partial charge in [-0.15, -0.1) is 5.10 Å². The molecule has 0 fully saturated rings. The van der Waals surface area contributed by atoms with Crippen molar-refractivity contribution in [3.63, 3.8) is 0 Å². The molecule has 0 aliphatic rings. The summed E-state index contributed by atoms with van der Waals surface area (Å²) in [6, 6.07) is 8.29. The normalized spacial score (nSPS) is 11.0. The van der Waals surface area contributed by atoms with Crippen molar-refractivity contribution in [3.8, 4) is 5.69 Å². The number of aryl methyl sites for hydroxylation is 2. The van der Waals surface area contributed by atoms with Crippen LogP contribution in [0.2, 0.25) is 0 Å². The number of rotatable bonds is 6. The van der Waals surface area contributed by atoms with Crippen molar-refractivity contribution < 1.29 is 0 Å². The van der Waals surface area contributed by atoms with Gasteiger partial charge in [0, 0.05) is 18.9 Å². The molecule has 0 aliphatic carbocycles. The molecule has 0 saturated heterocycles. The zero-order chi connectivity index (χ0) is 15.4. The lowest BCUT2D eigenvalue weighted by Gasteiger charge is -2.10. The van der Waals surface area contributed by atoms with E-state index in [4.69, 9.17) is 0 Å². The molecule has 0 amide bonds. The first-order chi connectivity index (χ1) is 10.8. The maximum absolute atomic E-state index is 4.46. The summed E-state index contributed by atoms with van der Waals surface area (Å²) in [5.41, 5.74) is 2.37. The van der Waals surface area contributed by atoms with Crippen molar-refractivity contribution in [2.45, 2.75) is 37.7 Å². The van der Waals surface area contributed by atoms with Gasteiger partial charge in [0.05, 0.1) is 11.4 Å². The second kappa shape index (κ2) is 6.74. The van der Waals surface area contributed by atoms with Crippen molar-refractivity contribution in [3.05, 3.63) is 48.0 Å². The van der Waals surface area contributed by atoms with Crippen LogP contribution in [-0.2, 0) is 12.3 Å². The van der Waals surface area contributed by atoms with Crippen LogP contribution in [0.25, 0.3) is 5.69 Å². The largest absolute Gasteiger partial charge is 0.295 e. The van der Waals surface area contributed by atoms with Crippen LogP contribution in [0, 0.1) is 6.92 Å². The maximum Gasteiger partial charge on any atom is 0.173 e. The molecule has 0 radical (unpaired) electrons. The first-order valence-electron chi connectivity index (χ1n) is 7.26. The van der Waals surface area contributed by atoms with E-state index in [1.54, 1.807) is 11.8 Å². The lowest BCUT2D eigenvalue weighted by Crippen LogP contribution is -2.05. The van der Waals surface area contributed by atoms with Gasteiger partial charge in [0.25, 0.3) is 0 Å². The van der Waals surface area contributed by atoms with Gasteiger partial charge < -0.3 is 0 Å². The molecule has 0 aliphatic heterocycles. The van der Waals surface area contributed by atoms with Crippen LogP contribution in [0.1, 0.15) is 24.7 Å². The Morgan fingerprint density at radius 2 is 2.09 bits per heavy atom. The minimum atomic E-state index is 0.704. The number of tetrazole rings is 1. The highest BCUT2D eigenvalue weighted by Crippen LogP contribution is 2.24. The first kappa shape index (κ1) is 14.8. The van der Waals surface area contributed by atoms with Crippen LogP contribution in [0.15, 0.2) is 41.8 Å². The van der Waals surface area contributed by atoms with Crippen LogP contribution >= 0.6 is 11.8 Å². The SMILES string of the molecule is CCCn1nnnc1CSc1nccn1-c1ccccc1C. The quantitative estimate of drug-likeness (QED) is 0.655. The summed E-state index contributed by atoms with van der Waals surface area (Å²) >= 11 is 1.64. The van der Waals surface area contributed by atoms with E-state index in [0.29, 0.717) is 5.75 Å². The van der Waals surface area contributed by atoms with Crippen LogP contribution in [0.4, 0.5) is 0 Å². The molecule has 6 nitrogen and oxygen atoms in total. The number of nitrogens with zero attached hydrogens (tertiary/aromatic N) is 6. The summed E-state index contributed by atoms with van der Waals surface area (Å²) in [4.78, 5) is 4.46. The van der Waals surface area contributed by atoms with E-state index in [0.717, 1.165) is 29.6 Å². The standard InChI is InChI=1S/C15H18N6S/c1-3-9-21-14(17-18-19-21)11-22-15-16-8-10-20(15)13-7-5-4-6-12(13)2/h4-8,10H,3,9,11H2,1-2H3. The summed E-state index contributed by atoms with van der Waals surface area (Å²) in [5.74, 6) is 1.58. The third kappa shape index (κ3) is 3.04. The lowest BCUT2D eigenvalue weighted by atomic mass is 10.2. The topological polar surface area (TPSA) is 61.4 Å². The molecule has 114 valence electrons. The summed E-state index contributed by atoms with van der Waals surface area (Å²) in [6.45, 7) is 5.06. The van der Waals surface area contributed by atoms with Gasteiger partial charge in [-0.3, -0.25) is 4.57 Å². The summed E-state index contributed by atoms with van der Waals surface area (Å²) in [7, 11) is 0. The Kier molecular flexibility index (Phi) is 4.53. The predicted octanol–water partition coefficient (Wildman–Crippen LogP) is 2.87. The van der Waals surface area contributed by atoms with Crippen molar-refractivity contribution in [1.29, 1.82) is 0 Å². The number of hydrogen-bond donors (Lipinski definition) is 0. The molecule has 0 atom stereocenters. The fourth-order valence-electron chi connectivity index (χ4n) is 2.25. The number of para-hydroxylation sites is 1. The van der Waals surface area contributed by atoms with Crippen LogP contribution < -0.4 is 0 Å². The van der Waals surface area contributed by atoms with E-state index in [-0.39, 0.29) is 0 Å². The lowest BCUT2D eigenvalue weighted by molar-refractivity contribution is 0.564. The van der Waals surface area contributed by atoms with E-state index in [1.807, 2.05) is 29.2 Å². The van der Waals surface area contributed by atoms with Gasteiger partial charge in [-0.05, 0) is 35.4 Å². The fraction of sp³-hybridized carbons (Fsp3) is 0.333. The summed E-state index contributed by atoms with van der Waals surface area (Å²) in [5, 5.41) is 12.8. The van der Waals surface area contributed by atoms with Gasteiger partial charge in [-0.2, -0.15) is 0 Å². The molecule has 3 rings (SSSR count). The van der Waals surface area contributed by atoms with Crippen molar-refractivity contribution in [2.24, 2.45) is 0 Å². The molecule has 0 unspecified atom stereocenters. The molecule has 7 heteroatoms. The molecule has 0 bridgehead atoms. The Labute approximate surface area is 133 Å². The Morgan fingerprint density at radius 1 is 1.23 bits per heavy atom. The Balaban J connectivity index is 1.79. The molecular weight excluding hydrogens is 296 g/mol. The highest BCUT2D eigenvalue weighted by atomic mass is 32.2. The molecule has 0 spiro atoms. The number of hydrogen-bond acceptors (Lipinski definition) is 5. The predicted molar refractivity (Wildman–Crippen MR) is 86.0 cm³/mol. The van der Waals surface area contributed by atoms with E-state index < -0.39 is 0 Å². The molecule has 0 N–H and O–H groups in total. The van der Waals surface area contributed by atoms with Crippen LogP contribution in [0.5, 0.6) is 0 Å². The van der Waals surface area contributed by atoms with Gasteiger partial charge in [0.15, 0.2) is 11.0 Å². The third-order valence-corrected chi connectivity index (χ3v) is 4.32. The minimum Gasteiger partial charge on any atom is -0.295 e. The van der Waals surface area contributed by atoms with Gasteiger partial charge in [-0.1, -0.05) is 36.9 Å². The number of imidazole rings is 1. The average Bonchev–Trinajstić information content (AvgIpc) is 3.15. The second-order valence-corrected chi connectivity index (χ2v) is 5.92.